The summed E-state index contributed by atoms with van der Waals surface area (Å²) in [5.74, 6) is 0. The summed E-state index contributed by atoms with van der Waals surface area (Å²) >= 11 is 1.74. The molecule has 0 aromatic carbocycles. The van der Waals surface area contributed by atoms with Gasteiger partial charge in [-0.05, 0) is 45.2 Å². The van der Waals surface area contributed by atoms with Gasteiger partial charge in [-0.2, -0.15) is 5.26 Å². The highest BCUT2D eigenvalue weighted by molar-refractivity contribution is 7.09. The third-order valence-electron chi connectivity index (χ3n) is 3.26. The zero-order valence-electron chi connectivity index (χ0n) is 12.3. The number of nitriles is 1. The van der Waals surface area contributed by atoms with Crippen LogP contribution in [0, 0.1) is 25.2 Å². The lowest BCUT2D eigenvalue weighted by molar-refractivity contribution is 0.685. The van der Waals surface area contributed by atoms with Crippen LogP contribution in [0.25, 0.3) is 0 Å². The number of aromatic nitrogens is 1. The number of thiophene rings is 1. The zero-order valence-corrected chi connectivity index (χ0v) is 13.2. The average molecular weight is 285 g/mol. The van der Waals surface area contributed by atoms with E-state index >= 15 is 0 Å². The number of hydrogen-bond acceptors (Lipinski definition) is 4. The molecule has 0 amide bonds. The van der Waals surface area contributed by atoms with Crippen molar-refractivity contribution >= 4 is 17.0 Å². The monoisotopic (exact) mass is 285 g/mol. The number of anilines is 1. The van der Waals surface area contributed by atoms with Crippen LogP contribution in [0.15, 0.2) is 23.6 Å². The van der Waals surface area contributed by atoms with Crippen LogP contribution >= 0.6 is 11.3 Å². The van der Waals surface area contributed by atoms with Crippen LogP contribution in [0.5, 0.6) is 0 Å². The lowest BCUT2D eigenvalue weighted by atomic mass is 10.1. The summed E-state index contributed by atoms with van der Waals surface area (Å²) in [5.41, 5.74) is 3.43. The molecule has 4 heteroatoms. The summed E-state index contributed by atoms with van der Waals surface area (Å²) in [6.45, 7) is 9.01. The predicted octanol–water partition coefficient (Wildman–Crippen LogP) is 4.05. The molecule has 0 saturated heterocycles. The molecule has 3 nitrogen and oxygen atoms in total. The van der Waals surface area contributed by atoms with Crippen LogP contribution < -0.4 is 4.90 Å². The largest absolute Gasteiger partial charge is 0.363 e. The van der Waals surface area contributed by atoms with Crippen LogP contribution in [0.2, 0.25) is 0 Å². The maximum absolute atomic E-state index is 9.43. The lowest BCUT2D eigenvalue weighted by Gasteiger charge is -2.30. The first-order chi connectivity index (χ1) is 9.52. The summed E-state index contributed by atoms with van der Waals surface area (Å²) in [4.78, 5) is 7.97. The Morgan fingerprint density at radius 1 is 1.40 bits per heavy atom. The van der Waals surface area contributed by atoms with Gasteiger partial charge in [-0.15, -0.1) is 11.3 Å². The molecule has 0 aliphatic rings. The minimum Gasteiger partial charge on any atom is -0.363 e. The number of aryl methyl sites for hydroxylation is 2. The number of hydrogen-bond donors (Lipinski definition) is 0. The molecule has 0 radical (unpaired) electrons. The third-order valence-corrected chi connectivity index (χ3v) is 4.12. The van der Waals surface area contributed by atoms with E-state index in [0.29, 0.717) is 11.6 Å². The first kappa shape index (κ1) is 14.5. The second kappa shape index (κ2) is 6.06. The molecule has 0 aliphatic carbocycles. The van der Waals surface area contributed by atoms with Gasteiger partial charge in [-0.1, -0.05) is 6.07 Å². The summed E-state index contributed by atoms with van der Waals surface area (Å²) in [7, 11) is 0. The molecule has 0 aliphatic heterocycles. The van der Waals surface area contributed by atoms with Crippen molar-refractivity contribution in [2.75, 3.05) is 4.90 Å². The normalized spacial score (nSPS) is 10.6. The second-order valence-corrected chi connectivity index (χ2v) is 6.19. The van der Waals surface area contributed by atoms with Gasteiger partial charge >= 0.3 is 0 Å². The molecule has 2 heterocycles. The van der Waals surface area contributed by atoms with Gasteiger partial charge in [0.1, 0.15) is 6.07 Å². The Bertz CT molecular complexity index is 624. The zero-order chi connectivity index (χ0) is 14.7. The van der Waals surface area contributed by atoms with Crippen molar-refractivity contribution in [1.29, 1.82) is 5.26 Å². The molecule has 0 atom stereocenters. The van der Waals surface area contributed by atoms with Gasteiger partial charge < -0.3 is 4.90 Å². The van der Waals surface area contributed by atoms with Crippen molar-refractivity contribution in [3.05, 3.63) is 45.4 Å². The van der Waals surface area contributed by atoms with E-state index in [9.17, 15) is 5.26 Å². The van der Waals surface area contributed by atoms with Crippen LogP contribution in [0.3, 0.4) is 0 Å². The Morgan fingerprint density at radius 3 is 2.70 bits per heavy atom. The highest BCUT2D eigenvalue weighted by Crippen LogP contribution is 2.27. The molecule has 2 aromatic rings. The first-order valence-corrected chi connectivity index (χ1v) is 7.58. The molecule has 0 N–H and O–H groups in total. The molecule has 2 rings (SSSR count). The molecule has 0 saturated carbocycles. The van der Waals surface area contributed by atoms with E-state index in [-0.39, 0.29) is 0 Å². The summed E-state index contributed by atoms with van der Waals surface area (Å²) in [5, 5.41) is 11.5. The fourth-order valence-corrected chi connectivity index (χ4v) is 2.99. The van der Waals surface area contributed by atoms with Crippen LogP contribution in [0.1, 0.15) is 35.7 Å². The van der Waals surface area contributed by atoms with E-state index in [1.807, 2.05) is 19.9 Å². The smallest absolute Gasteiger partial charge is 0.103 e. The molecule has 0 spiro atoms. The van der Waals surface area contributed by atoms with Crippen molar-refractivity contribution < 1.29 is 0 Å². The maximum atomic E-state index is 9.43. The average Bonchev–Trinajstić information content (AvgIpc) is 2.87. The number of pyridine rings is 1. The molecular formula is C16H19N3S. The van der Waals surface area contributed by atoms with Gasteiger partial charge in [-0.3, -0.25) is 4.98 Å². The fraction of sp³-hybridized carbons (Fsp3) is 0.375. The van der Waals surface area contributed by atoms with Gasteiger partial charge in [0.2, 0.25) is 0 Å². The van der Waals surface area contributed by atoms with Gasteiger partial charge in [0.25, 0.3) is 0 Å². The SMILES string of the molecule is Cc1cc(N(Cc2cccs2)C(C)C)c(C#N)c(C)n1. The third kappa shape index (κ3) is 3.00. The van der Waals surface area contributed by atoms with Crippen molar-refractivity contribution in [1.82, 2.24) is 4.98 Å². The minimum absolute atomic E-state index is 0.324. The summed E-state index contributed by atoms with van der Waals surface area (Å²) < 4.78 is 0. The van der Waals surface area contributed by atoms with Crippen molar-refractivity contribution in [2.24, 2.45) is 0 Å². The van der Waals surface area contributed by atoms with Gasteiger partial charge in [0, 0.05) is 16.6 Å². The second-order valence-electron chi connectivity index (χ2n) is 5.16. The molecule has 104 valence electrons. The summed E-state index contributed by atoms with van der Waals surface area (Å²) in [6.07, 6.45) is 0. The standard InChI is InChI=1S/C16H19N3S/c1-11(2)19(10-14-6-5-7-20-14)16-8-12(3)18-13(4)15(16)9-17/h5-8,11H,10H2,1-4H3. The van der Waals surface area contributed by atoms with E-state index in [1.54, 1.807) is 11.3 Å². The Hall–Kier alpha value is -1.86. The quantitative estimate of drug-likeness (QED) is 0.851. The van der Waals surface area contributed by atoms with Crippen molar-refractivity contribution in [3.8, 4) is 6.07 Å². The van der Waals surface area contributed by atoms with E-state index in [0.717, 1.165) is 23.6 Å². The maximum Gasteiger partial charge on any atom is 0.103 e. The van der Waals surface area contributed by atoms with Crippen LogP contribution in [-0.2, 0) is 6.54 Å². The van der Waals surface area contributed by atoms with Gasteiger partial charge in [-0.25, -0.2) is 0 Å². The van der Waals surface area contributed by atoms with Gasteiger partial charge in [0.15, 0.2) is 0 Å². The number of rotatable bonds is 4. The van der Waals surface area contributed by atoms with Crippen molar-refractivity contribution in [3.63, 3.8) is 0 Å². The molecule has 0 fully saturated rings. The lowest BCUT2D eigenvalue weighted by Crippen LogP contribution is -2.31. The topological polar surface area (TPSA) is 39.9 Å². The Kier molecular flexibility index (Phi) is 4.41. The van der Waals surface area contributed by atoms with Crippen LogP contribution in [0.4, 0.5) is 5.69 Å². The van der Waals surface area contributed by atoms with E-state index in [4.69, 9.17) is 0 Å². The Balaban J connectivity index is 2.47. The Morgan fingerprint density at radius 2 is 2.15 bits per heavy atom. The molecule has 0 unspecified atom stereocenters. The molecule has 0 bridgehead atoms. The summed E-state index contributed by atoms with van der Waals surface area (Å²) in [6, 6.07) is 8.84. The highest BCUT2D eigenvalue weighted by Gasteiger charge is 2.18. The minimum atomic E-state index is 0.324. The van der Waals surface area contributed by atoms with Gasteiger partial charge in [0.05, 0.1) is 23.5 Å². The Labute approximate surface area is 124 Å². The van der Waals surface area contributed by atoms with E-state index in [1.165, 1.54) is 4.88 Å². The fourth-order valence-electron chi connectivity index (χ4n) is 2.29. The molecule has 2 aromatic heterocycles. The van der Waals surface area contributed by atoms with E-state index < -0.39 is 0 Å². The number of nitrogens with zero attached hydrogens (tertiary/aromatic N) is 3. The van der Waals surface area contributed by atoms with Crippen LogP contribution in [-0.4, -0.2) is 11.0 Å². The van der Waals surface area contributed by atoms with Crippen molar-refractivity contribution in [2.45, 2.75) is 40.3 Å². The first-order valence-electron chi connectivity index (χ1n) is 6.70. The van der Waals surface area contributed by atoms with E-state index in [2.05, 4.69) is 47.3 Å². The molecule has 20 heavy (non-hydrogen) atoms. The molecular weight excluding hydrogens is 266 g/mol. The predicted molar refractivity (Wildman–Crippen MR) is 84.1 cm³/mol. The highest BCUT2D eigenvalue weighted by atomic mass is 32.1.